The highest BCUT2D eigenvalue weighted by molar-refractivity contribution is 5.45. The Morgan fingerprint density at radius 2 is 2.30 bits per heavy atom. The number of alkyl halides is 1. The van der Waals surface area contributed by atoms with Crippen molar-refractivity contribution in [2.75, 3.05) is 6.54 Å². The molecule has 0 spiro atoms. The maximum atomic E-state index is 11.9. The van der Waals surface area contributed by atoms with Gasteiger partial charge in [0.05, 0.1) is 0 Å². The fourth-order valence-corrected chi connectivity index (χ4v) is 0.625. The van der Waals surface area contributed by atoms with E-state index in [0.29, 0.717) is 19.4 Å². The van der Waals surface area contributed by atoms with Gasteiger partial charge in [-0.2, -0.15) is 0 Å². The maximum absolute atomic E-state index is 11.9. The van der Waals surface area contributed by atoms with E-state index in [0.717, 1.165) is 12.8 Å². The van der Waals surface area contributed by atoms with Gasteiger partial charge in [0.2, 0.25) is 6.41 Å². The van der Waals surface area contributed by atoms with Crippen molar-refractivity contribution in [1.29, 1.82) is 0 Å². The molecule has 0 aliphatic rings. The highest BCUT2D eigenvalue weighted by atomic mass is 19.1. The highest BCUT2D eigenvalue weighted by Gasteiger charge is 1.95. The molecule has 0 heterocycles. The van der Waals surface area contributed by atoms with Crippen LogP contribution in [0.5, 0.6) is 0 Å². The van der Waals surface area contributed by atoms with E-state index >= 15 is 0 Å². The minimum absolute atomic E-state index is 0.376. The molecule has 3 N–H and O–H groups in total. The smallest absolute Gasteiger partial charge is 0.207 e. The van der Waals surface area contributed by atoms with E-state index in [1.807, 2.05) is 0 Å². The van der Waals surface area contributed by atoms with Crippen LogP contribution >= 0.6 is 0 Å². The van der Waals surface area contributed by atoms with Crippen LogP contribution in [0.1, 0.15) is 19.3 Å². The lowest BCUT2D eigenvalue weighted by Crippen LogP contribution is -2.15. The Morgan fingerprint density at radius 1 is 1.60 bits per heavy atom. The topological polar surface area (TPSA) is 55.1 Å². The summed E-state index contributed by atoms with van der Waals surface area (Å²) in [4.78, 5) is 9.69. The first kappa shape index (κ1) is 9.36. The molecule has 0 aromatic carbocycles. The maximum Gasteiger partial charge on any atom is 0.207 e. The number of nitrogens with two attached hydrogens (primary N) is 1. The molecule has 1 amide bonds. The number of carbonyl (C=O) groups is 1. The van der Waals surface area contributed by atoms with Crippen molar-refractivity contribution < 1.29 is 9.18 Å². The molecule has 4 heteroatoms. The zero-order valence-corrected chi connectivity index (χ0v) is 5.85. The number of halogens is 1. The van der Waals surface area contributed by atoms with Crippen LogP contribution in [-0.2, 0) is 4.79 Å². The highest BCUT2D eigenvalue weighted by Crippen LogP contribution is 1.97. The number of hydrogen-bond acceptors (Lipinski definition) is 2. The molecule has 1 atom stereocenters. The van der Waals surface area contributed by atoms with Gasteiger partial charge in [-0.1, -0.05) is 0 Å². The van der Waals surface area contributed by atoms with Crippen molar-refractivity contribution in [2.45, 2.75) is 25.6 Å². The molecule has 0 aliphatic heterocycles. The number of amides is 1. The van der Waals surface area contributed by atoms with Gasteiger partial charge in [-0.05, 0) is 19.3 Å². The summed E-state index contributed by atoms with van der Waals surface area (Å²) < 4.78 is 11.9. The standard InChI is InChI=1S/C6H13FN2O/c7-6(8)3-1-2-4-9-5-10/h5-6H,1-4,8H2,(H,9,10). The van der Waals surface area contributed by atoms with Gasteiger partial charge < -0.3 is 11.1 Å². The molecule has 60 valence electrons. The molecule has 1 unspecified atom stereocenters. The first-order valence-electron chi connectivity index (χ1n) is 3.34. The molecule has 0 saturated heterocycles. The third-order valence-corrected chi connectivity index (χ3v) is 1.13. The van der Waals surface area contributed by atoms with Crippen LogP contribution in [0.15, 0.2) is 0 Å². The van der Waals surface area contributed by atoms with Crippen molar-refractivity contribution in [3.63, 3.8) is 0 Å². The summed E-state index contributed by atoms with van der Waals surface area (Å²) in [7, 11) is 0. The van der Waals surface area contributed by atoms with Gasteiger partial charge in [-0.25, -0.2) is 4.39 Å². The second kappa shape index (κ2) is 6.48. The van der Waals surface area contributed by atoms with Crippen molar-refractivity contribution in [3.8, 4) is 0 Å². The monoisotopic (exact) mass is 148 g/mol. The molecular weight excluding hydrogens is 135 g/mol. The fourth-order valence-electron chi connectivity index (χ4n) is 0.625. The van der Waals surface area contributed by atoms with Crippen LogP contribution in [-0.4, -0.2) is 19.3 Å². The van der Waals surface area contributed by atoms with Crippen LogP contribution in [0.3, 0.4) is 0 Å². The number of rotatable bonds is 6. The normalized spacial score (nSPS) is 12.6. The third-order valence-electron chi connectivity index (χ3n) is 1.13. The number of unbranched alkanes of at least 4 members (excludes halogenated alkanes) is 1. The lowest BCUT2D eigenvalue weighted by molar-refractivity contribution is -0.109. The van der Waals surface area contributed by atoms with Gasteiger partial charge in [0.1, 0.15) is 6.30 Å². The van der Waals surface area contributed by atoms with E-state index in [1.54, 1.807) is 0 Å². The van der Waals surface area contributed by atoms with Crippen molar-refractivity contribution in [1.82, 2.24) is 5.32 Å². The predicted octanol–water partition coefficient (Wildman–Crippen LogP) is 0.157. The van der Waals surface area contributed by atoms with Gasteiger partial charge in [-0.3, -0.25) is 4.79 Å². The van der Waals surface area contributed by atoms with Crippen molar-refractivity contribution >= 4 is 6.41 Å². The molecule has 10 heavy (non-hydrogen) atoms. The summed E-state index contributed by atoms with van der Waals surface area (Å²) in [6.45, 7) is 0.607. The second-order valence-corrected chi connectivity index (χ2v) is 2.08. The quantitative estimate of drug-likeness (QED) is 0.320. The first-order valence-corrected chi connectivity index (χ1v) is 3.34. The van der Waals surface area contributed by atoms with E-state index in [4.69, 9.17) is 5.73 Å². The number of carbonyl (C=O) groups excluding carboxylic acids is 1. The van der Waals surface area contributed by atoms with E-state index in [2.05, 4.69) is 5.32 Å². The third kappa shape index (κ3) is 7.36. The summed E-state index contributed by atoms with van der Waals surface area (Å²) >= 11 is 0. The van der Waals surface area contributed by atoms with Crippen molar-refractivity contribution in [3.05, 3.63) is 0 Å². The Hall–Kier alpha value is -0.640. The van der Waals surface area contributed by atoms with Gasteiger partial charge >= 0.3 is 0 Å². The summed E-state index contributed by atoms with van der Waals surface area (Å²) in [5, 5.41) is 2.48. The number of hydrogen-bond donors (Lipinski definition) is 2. The van der Waals surface area contributed by atoms with Crippen LogP contribution in [0.2, 0.25) is 0 Å². The van der Waals surface area contributed by atoms with Crippen LogP contribution < -0.4 is 11.1 Å². The lowest BCUT2D eigenvalue weighted by atomic mass is 10.2. The molecule has 0 radical (unpaired) electrons. The van der Waals surface area contributed by atoms with E-state index in [-0.39, 0.29) is 0 Å². The van der Waals surface area contributed by atoms with Gasteiger partial charge in [0, 0.05) is 6.54 Å². The fraction of sp³-hybridized carbons (Fsp3) is 0.833. The van der Waals surface area contributed by atoms with Crippen molar-refractivity contribution in [2.24, 2.45) is 5.73 Å². The molecule has 3 nitrogen and oxygen atoms in total. The van der Waals surface area contributed by atoms with E-state index in [1.165, 1.54) is 0 Å². The van der Waals surface area contributed by atoms with Crippen LogP contribution in [0.4, 0.5) is 4.39 Å². The van der Waals surface area contributed by atoms with E-state index < -0.39 is 6.30 Å². The summed E-state index contributed by atoms with van der Waals surface area (Å²) in [5.41, 5.74) is 4.85. The predicted molar refractivity (Wildman–Crippen MR) is 37.0 cm³/mol. The van der Waals surface area contributed by atoms with Gasteiger partial charge in [-0.15, -0.1) is 0 Å². The summed E-state index contributed by atoms with van der Waals surface area (Å²) in [5.74, 6) is 0. The molecular formula is C6H13FN2O. The van der Waals surface area contributed by atoms with E-state index in [9.17, 15) is 9.18 Å². The molecule has 0 bridgehead atoms. The molecule has 0 aromatic heterocycles. The second-order valence-electron chi connectivity index (χ2n) is 2.08. The zero-order chi connectivity index (χ0) is 7.82. The zero-order valence-electron chi connectivity index (χ0n) is 5.85. The van der Waals surface area contributed by atoms with Crippen LogP contribution in [0.25, 0.3) is 0 Å². The Morgan fingerprint density at radius 3 is 2.80 bits per heavy atom. The Kier molecular flexibility index (Phi) is 6.06. The average molecular weight is 148 g/mol. The Balaban J connectivity index is 2.83. The minimum Gasteiger partial charge on any atom is -0.359 e. The van der Waals surface area contributed by atoms with Gasteiger partial charge in [0.15, 0.2) is 0 Å². The molecule has 0 rings (SSSR count). The first-order chi connectivity index (χ1) is 4.77. The number of nitrogens with one attached hydrogen (secondary N) is 1. The lowest BCUT2D eigenvalue weighted by Gasteiger charge is -2.00. The SMILES string of the molecule is NC(F)CCCCNC=O. The molecule has 0 fully saturated rings. The van der Waals surface area contributed by atoms with Gasteiger partial charge in [0.25, 0.3) is 0 Å². The molecule has 0 saturated carbocycles. The molecule has 0 aromatic rings. The molecule has 0 aliphatic carbocycles. The van der Waals surface area contributed by atoms with Crippen LogP contribution in [0, 0.1) is 0 Å². The Bertz CT molecular complexity index is 87.8. The average Bonchev–Trinajstić information content (AvgIpc) is 1.87. The largest absolute Gasteiger partial charge is 0.359 e. The summed E-state index contributed by atoms with van der Waals surface area (Å²) in [6, 6.07) is 0. The Labute approximate surface area is 59.8 Å². The minimum atomic E-state index is -1.21. The summed E-state index contributed by atoms with van der Waals surface area (Å²) in [6.07, 6.45) is 1.31.